The van der Waals surface area contributed by atoms with Gasteiger partial charge in [0, 0.05) is 19.1 Å². The number of alkyl halides is 1. The maximum absolute atomic E-state index is 6.62. The molecule has 0 N–H and O–H groups in total. The molecule has 0 aliphatic heterocycles. The van der Waals surface area contributed by atoms with Crippen molar-refractivity contribution in [3.8, 4) is 5.75 Å². The second-order valence-corrected chi connectivity index (χ2v) is 6.28. The molecule has 118 valence electrons. The van der Waals surface area contributed by atoms with E-state index in [0.29, 0.717) is 6.04 Å². The maximum atomic E-state index is 6.62. The second kappa shape index (κ2) is 8.21. The number of benzene rings is 2. The van der Waals surface area contributed by atoms with E-state index >= 15 is 0 Å². The second-order valence-electron chi connectivity index (χ2n) is 5.75. The molecule has 2 aromatic rings. The van der Waals surface area contributed by atoms with Crippen molar-refractivity contribution in [2.24, 2.45) is 0 Å². The van der Waals surface area contributed by atoms with E-state index in [-0.39, 0.29) is 5.38 Å². The van der Waals surface area contributed by atoms with Gasteiger partial charge >= 0.3 is 0 Å². The van der Waals surface area contributed by atoms with E-state index in [1.54, 1.807) is 7.11 Å². The van der Waals surface area contributed by atoms with Gasteiger partial charge in [0.1, 0.15) is 5.75 Å². The van der Waals surface area contributed by atoms with Gasteiger partial charge in [-0.2, -0.15) is 0 Å². The van der Waals surface area contributed by atoms with Crippen LogP contribution in [-0.2, 0) is 6.54 Å². The van der Waals surface area contributed by atoms with Gasteiger partial charge in [0.05, 0.1) is 12.5 Å². The highest BCUT2D eigenvalue weighted by Crippen LogP contribution is 2.25. The summed E-state index contributed by atoms with van der Waals surface area (Å²) in [5.41, 5.74) is 2.44. The van der Waals surface area contributed by atoms with Gasteiger partial charge in [0.25, 0.3) is 0 Å². The van der Waals surface area contributed by atoms with Gasteiger partial charge in [0.2, 0.25) is 0 Å². The molecular formula is C19H24ClNO. The quantitative estimate of drug-likeness (QED) is 0.674. The molecule has 0 spiro atoms. The van der Waals surface area contributed by atoms with Crippen molar-refractivity contribution in [3.63, 3.8) is 0 Å². The van der Waals surface area contributed by atoms with Crippen LogP contribution in [0.4, 0.5) is 0 Å². The number of ether oxygens (including phenoxy) is 1. The first kappa shape index (κ1) is 16.9. The third-order valence-electron chi connectivity index (χ3n) is 3.83. The Labute approximate surface area is 138 Å². The highest BCUT2D eigenvalue weighted by molar-refractivity contribution is 6.21. The predicted molar refractivity (Wildman–Crippen MR) is 93.6 cm³/mol. The summed E-state index contributed by atoms with van der Waals surface area (Å²) in [6.45, 7) is 6.15. The zero-order chi connectivity index (χ0) is 15.9. The van der Waals surface area contributed by atoms with Gasteiger partial charge in [-0.1, -0.05) is 42.5 Å². The van der Waals surface area contributed by atoms with Gasteiger partial charge in [-0.05, 0) is 37.1 Å². The van der Waals surface area contributed by atoms with Gasteiger partial charge in [-0.15, -0.1) is 11.6 Å². The fraction of sp³-hybridized carbons (Fsp3) is 0.368. The normalized spacial score (nSPS) is 12.6. The zero-order valence-electron chi connectivity index (χ0n) is 13.5. The van der Waals surface area contributed by atoms with Crippen LogP contribution < -0.4 is 4.74 Å². The molecule has 0 bridgehead atoms. The summed E-state index contributed by atoms with van der Waals surface area (Å²) >= 11 is 6.62. The van der Waals surface area contributed by atoms with Crippen LogP contribution in [0, 0.1) is 0 Å². The van der Waals surface area contributed by atoms with E-state index in [1.165, 1.54) is 5.56 Å². The Morgan fingerprint density at radius 2 is 1.64 bits per heavy atom. The standard InChI is InChI=1S/C19H24ClNO/c1-15(2)21(13-16-7-5-4-6-8-16)14-19(20)17-9-11-18(22-3)12-10-17/h4-12,15,19H,13-14H2,1-3H3. The lowest BCUT2D eigenvalue weighted by atomic mass is 10.1. The van der Waals surface area contributed by atoms with E-state index in [9.17, 15) is 0 Å². The molecule has 2 rings (SSSR count). The fourth-order valence-corrected chi connectivity index (χ4v) is 2.72. The van der Waals surface area contributed by atoms with E-state index in [1.807, 2.05) is 30.3 Å². The molecule has 0 radical (unpaired) electrons. The molecule has 1 atom stereocenters. The van der Waals surface area contributed by atoms with Crippen molar-refractivity contribution in [1.29, 1.82) is 0 Å². The molecular weight excluding hydrogens is 294 g/mol. The smallest absolute Gasteiger partial charge is 0.118 e. The van der Waals surface area contributed by atoms with Crippen LogP contribution in [0.15, 0.2) is 54.6 Å². The zero-order valence-corrected chi connectivity index (χ0v) is 14.3. The van der Waals surface area contributed by atoms with Gasteiger partial charge < -0.3 is 4.74 Å². The Bertz CT molecular complexity index is 553. The SMILES string of the molecule is COc1ccc(C(Cl)CN(Cc2ccccc2)C(C)C)cc1. The number of hydrogen-bond donors (Lipinski definition) is 0. The van der Waals surface area contributed by atoms with E-state index in [4.69, 9.17) is 16.3 Å². The summed E-state index contributed by atoms with van der Waals surface area (Å²) in [6, 6.07) is 19.0. The molecule has 0 heterocycles. The first-order valence-corrected chi connectivity index (χ1v) is 8.09. The van der Waals surface area contributed by atoms with Crippen LogP contribution in [0.5, 0.6) is 5.75 Å². The van der Waals surface area contributed by atoms with E-state index in [0.717, 1.165) is 24.4 Å². The number of hydrogen-bond acceptors (Lipinski definition) is 2. The molecule has 2 aromatic carbocycles. The van der Waals surface area contributed by atoms with Crippen LogP contribution in [0.3, 0.4) is 0 Å². The number of nitrogens with zero attached hydrogens (tertiary/aromatic N) is 1. The summed E-state index contributed by atoms with van der Waals surface area (Å²) in [6.07, 6.45) is 0. The molecule has 0 saturated heterocycles. The summed E-state index contributed by atoms with van der Waals surface area (Å²) in [4.78, 5) is 2.40. The van der Waals surface area contributed by atoms with Crippen molar-refractivity contribution in [2.45, 2.75) is 31.8 Å². The van der Waals surface area contributed by atoms with Crippen molar-refractivity contribution < 1.29 is 4.74 Å². The summed E-state index contributed by atoms with van der Waals surface area (Å²) < 4.78 is 5.19. The Hall–Kier alpha value is -1.51. The largest absolute Gasteiger partial charge is 0.497 e. The van der Waals surface area contributed by atoms with Gasteiger partial charge in [-0.3, -0.25) is 4.90 Å². The molecule has 0 amide bonds. The minimum Gasteiger partial charge on any atom is -0.497 e. The number of methoxy groups -OCH3 is 1. The Balaban J connectivity index is 2.03. The van der Waals surface area contributed by atoms with Crippen LogP contribution in [0.2, 0.25) is 0 Å². The monoisotopic (exact) mass is 317 g/mol. The van der Waals surface area contributed by atoms with Crippen molar-refractivity contribution in [3.05, 3.63) is 65.7 Å². The van der Waals surface area contributed by atoms with Crippen LogP contribution in [-0.4, -0.2) is 24.6 Å². The summed E-state index contributed by atoms with van der Waals surface area (Å²) in [5, 5.41) is -0.0305. The summed E-state index contributed by atoms with van der Waals surface area (Å²) in [5.74, 6) is 0.859. The lowest BCUT2D eigenvalue weighted by molar-refractivity contribution is 0.213. The molecule has 0 fully saturated rings. The Kier molecular flexibility index (Phi) is 6.29. The average molecular weight is 318 g/mol. The average Bonchev–Trinajstić information content (AvgIpc) is 2.55. The topological polar surface area (TPSA) is 12.5 Å². The minimum absolute atomic E-state index is 0.0305. The van der Waals surface area contributed by atoms with Crippen LogP contribution in [0.25, 0.3) is 0 Å². The fourth-order valence-electron chi connectivity index (χ4n) is 2.40. The van der Waals surface area contributed by atoms with Gasteiger partial charge in [0.15, 0.2) is 0 Å². The predicted octanol–water partition coefficient (Wildman–Crippen LogP) is 4.89. The third kappa shape index (κ3) is 4.75. The van der Waals surface area contributed by atoms with Crippen LogP contribution >= 0.6 is 11.6 Å². The first-order chi connectivity index (χ1) is 10.6. The number of rotatable bonds is 7. The van der Waals surface area contributed by atoms with E-state index < -0.39 is 0 Å². The summed E-state index contributed by atoms with van der Waals surface area (Å²) in [7, 11) is 1.67. The molecule has 2 nitrogen and oxygen atoms in total. The molecule has 0 aromatic heterocycles. The van der Waals surface area contributed by atoms with Crippen molar-refractivity contribution in [1.82, 2.24) is 4.90 Å². The van der Waals surface area contributed by atoms with Crippen molar-refractivity contribution in [2.75, 3.05) is 13.7 Å². The Morgan fingerprint density at radius 3 is 2.18 bits per heavy atom. The first-order valence-electron chi connectivity index (χ1n) is 7.66. The highest BCUT2D eigenvalue weighted by Gasteiger charge is 2.16. The Morgan fingerprint density at radius 1 is 1.00 bits per heavy atom. The molecule has 0 aliphatic carbocycles. The molecule has 0 saturated carbocycles. The molecule has 22 heavy (non-hydrogen) atoms. The minimum atomic E-state index is -0.0305. The van der Waals surface area contributed by atoms with Gasteiger partial charge in [-0.25, -0.2) is 0 Å². The molecule has 0 aliphatic rings. The number of halogens is 1. The molecule has 3 heteroatoms. The van der Waals surface area contributed by atoms with Crippen LogP contribution in [0.1, 0.15) is 30.4 Å². The maximum Gasteiger partial charge on any atom is 0.118 e. The lowest BCUT2D eigenvalue weighted by Crippen LogP contribution is -2.33. The third-order valence-corrected chi connectivity index (χ3v) is 4.22. The van der Waals surface area contributed by atoms with Crippen molar-refractivity contribution >= 4 is 11.6 Å². The molecule has 1 unspecified atom stereocenters. The highest BCUT2D eigenvalue weighted by atomic mass is 35.5. The van der Waals surface area contributed by atoms with E-state index in [2.05, 4.69) is 43.0 Å². The lowest BCUT2D eigenvalue weighted by Gasteiger charge is -2.28.